The van der Waals surface area contributed by atoms with Crippen molar-refractivity contribution in [2.24, 2.45) is 0 Å². The van der Waals surface area contributed by atoms with Crippen molar-refractivity contribution in [2.75, 3.05) is 45.9 Å². The summed E-state index contributed by atoms with van der Waals surface area (Å²) in [6.07, 6.45) is 0.831. The number of hydrogen-bond donors (Lipinski definition) is 2. The van der Waals surface area contributed by atoms with Crippen LogP contribution in [0.2, 0.25) is 0 Å². The lowest BCUT2D eigenvalue weighted by Crippen LogP contribution is -2.57. The van der Waals surface area contributed by atoms with Gasteiger partial charge >= 0.3 is 12.0 Å². The SMILES string of the molecule is CC1(NC(=O)N2CCN(CC(=O)O)CC2)CCOC1. The molecule has 2 aliphatic rings. The first kappa shape index (κ1) is 14.1. The first-order valence-corrected chi connectivity index (χ1v) is 6.57. The molecular weight excluding hydrogens is 250 g/mol. The Morgan fingerprint density at radius 2 is 2.00 bits per heavy atom. The van der Waals surface area contributed by atoms with Crippen LogP contribution in [0.4, 0.5) is 4.79 Å². The second kappa shape index (κ2) is 5.75. The van der Waals surface area contributed by atoms with E-state index in [1.807, 2.05) is 11.8 Å². The van der Waals surface area contributed by atoms with Crippen LogP contribution in [0.3, 0.4) is 0 Å². The summed E-state index contributed by atoms with van der Waals surface area (Å²) in [5.41, 5.74) is -0.269. The molecule has 0 aromatic heterocycles. The number of carboxylic acids is 1. The highest BCUT2D eigenvalue weighted by Gasteiger charge is 2.33. The average Bonchev–Trinajstić information content (AvgIpc) is 2.75. The van der Waals surface area contributed by atoms with Gasteiger partial charge in [0, 0.05) is 32.8 Å². The van der Waals surface area contributed by atoms with E-state index in [-0.39, 0.29) is 18.1 Å². The van der Waals surface area contributed by atoms with E-state index in [0.29, 0.717) is 39.4 Å². The fraction of sp³-hybridized carbons (Fsp3) is 0.833. The standard InChI is InChI=1S/C12H21N3O4/c1-12(2-7-19-9-12)13-11(18)15-5-3-14(4-6-15)8-10(16)17/h2-9H2,1H3,(H,13,18)(H,16,17). The minimum absolute atomic E-state index is 0.0427. The molecule has 2 aliphatic heterocycles. The largest absolute Gasteiger partial charge is 0.480 e. The minimum atomic E-state index is -0.825. The normalized spacial score (nSPS) is 28.4. The van der Waals surface area contributed by atoms with Crippen molar-refractivity contribution in [3.63, 3.8) is 0 Å². The summed E-state index contributed by atoms with van der Waals surface area (Å²) in [6.45, 7) is 5.60. The molecule has 0 aromatic rings. The third-order valence-electron chi connectivity index (χ3n) is 3.65. The molecule has 0 aliphatic carbocycles. The molecule has 19 heavy (non-hydrogen) atoms. The van der Waals surface area contributed by atoms with Crippen LogP contribution in [0.25, 0.3) is 0 Å². The van der Waals surface area contributed by atoms with Gasteiger partial charge in [-0.1, -0.05) is 0 Å². The number of nitrogens with one attached hydrogen (secondary N) is 1. The molecule has 2 amide bonds. The van der Waals surface area contributed by atoms with Crippen LogP contribution < -0.4 is 5.32 Å². The first-order valence-electron chi connectivity index (χ1n) is 6.57. The monoisotopic (exact) mass is 271 g/mol. The van der Waals surface area contributed by atoms with E-state index in [0.717, 1.165) is 6.42 Å². The van der Waals surface area contributed by atoms with Crippen molar-refractivity contribution in [1.29, 1.82) is 0 Å². The van der Waals surface area contributed by atoms with Crippen molar-refractivity contribution in [2.45, 2.75) is 18.9 Å². The number of hydrogen-bond acceptors (Lipinski definition) is 4. The average molecular weight is 271 g/mol. The van der Waals surface area contributed by atoms with Crippen molar-refractivity contribution in [3.05, 3.63) is 0 Å². The molecule has 7 heteroatoms. The molecular formula is C12H21N3O4. The number of nitrogens with zero attached hydrogens (tertiary/aromatic N) is 2. The van der Waals surface area contributed by atoms with Crippen LogP contribution in [0.15, 0.2) is 0 Å². The Morgan fingerprint density at radius 3 is 2.53 bits per heavy atom. The second-order valence-electron chi connectivity index (χ2n) is 5.45. The molecule has 0 bridgehead atoms. The number of rotatable bonds is 3. The predicted molar refractivity (Wildman–Crippen MR) is 68.0 cm³/mol. The summed E-state index contributed by atoms with van der Waals surface area (Å²) in [5.74, 6) is -0.825. The lowest BCUT2D eigenvalue weighted by Gasteiger charge is -2.36. The van der Waals surface area contributed by atoms with Crippen LogP contribution in [0.1, 0.15) is 13.3 Å². The third kappa shape index (κ3) is 3.81. The Bertz CT molecular complexity index is 347. The Kier molecular flexibility index (Phi) is 4.26. The highest BCUT2D eigenvalue weighted by Crippen LogP contribution is 2.18. The van der Waals surface area contributed by atoms with E-state index >= 15 is 0 Å². The molecule has 1 unspecified atom stereocenters. The summed E-state index contributed by atoms with van der Waals surface area (Å²) < 4.78 is 5.30. The number of ether oxygens (including phenoxy) is 1. The number of aliphatic carboxylic acids is 1. The molecule has 0 spiro atoms. The maximum Gasteiger partial charge on any atom is 0.317 e. The van der Waals surface area contributed by atoms with E-state index in [1.165, 1.54) is 0 Å². The van der Waals surface area contributed by atoms with E-state index in [2.05, 4.69) is 5.32 Å². The zero-order valence-corrected chi connectivity index (χ0v) is 11.2. The van der Waals surface area contributed by atoms with E-state index < -0.39 is 5.97 Å². The molecule has 1 atom stereocenters. The smallest absolute Gasteiger partial charge is 0.317 e. The van der Waals surface area contributed by atoms with E-state index in [1.54, 1.807) is 4.90 Å². The van der Waals surface area contributed by atoms with Crippen LogP contribution in [0, 0.1) is 0 Å². The molecule has 0 saturated carbocycles. The fourth-order valence-corrected chi connectivity index (χ4v) is 2.40. The molecule has 108 valence electrons. The summed E-state index contributed by atoms with van der Waals surface area (Å²) in [7, 11) is 0. The van der Waals surface area contributed by atoms with Gasteiger partial charge in [-0.2, -0.15) is 0 Å². The number of amides is 2. The third-order valence-corrected chi connectivity index (χ3v) is 3.65. The van der Waals surface area contributed by atoms with Gasteiger partial charge in [-0.05, 0) is 13.3 Å². The zero-order valence-electron chi connectivity index (χ0n) is 11.2. The van der Waals surface area contributed by atoms with Crippen molar-refractivity contribution in [1.82, 2.24) is 15.1 Å². The number of piperazine rings is 1. The fourth-order valence-electron chi connectivity index (χ4n) is 2.40. The Labute approximate surface area is 112 Å². The predicted octanol–water partition coefficient (Wildman–Crippen LogP) is -0.423. The maximum atomic E-state index is 12.1. The van der Waals surface area contributed by atoms with E-state index in [9.17, 15) is 9.59 Å². The quantitative estimate of drug-likeness (QED) is 0.728. The van der Waals surface area contributed by atoms with Gasteiger partial charge in [0.15, 0.2) is 0 Å². The van der Waals surface area contributed by atoms with Gasteiger partial charge in [-0.15, -0.1) is 0 Å². The molecule has 7 nitrogen and oxygen atoms in total. The Balaban J connectivity index is 1.77. The maximum absolute atomic E-state index is 12.1. The van der Waals surface area contributed by atoms with Crippen molar-refractivity contribution >= 4 is 12.0 Å². The van der Waals surface area contributed by atoms with Gasteiger partial charge in [0.1, 0.15) is 0 Å². The molecule has 2 N–H and O–H groups in total. The summed E-state index contributed by atoms with van der Waals surface area (Å²) >= 11 is 0. The summed E-state index contributed by atoms with van der Waals surface area (Å²) in [4.78, 5) is 26.3. The summed E-state index contributed by atoms with van der Waals surface area (Å²) in [6, 6.07) is -0.0806. The molecule has 0 radical (unpaired) electrons. The minimum Gasteiger partial charge on any atom is -0.480 e. The van der Waals surface area contributed by atoms with E-state index in [4.69, 9.17) is 9.84 Å². The first-order chi connectivity index (χ1) is 8.98. The van der Waals surface area contributed by atoms with Gasteiger partial charge in [0.05, 0.1) is 18.7 Å². The number of carbonyl (C=O) groups excluding carboxylic acids is 1. The topological polar surface area (TPSA) is 82.1 Å². The second-order valence-corrected chi connectivity index (χ2v) is 5.45. The molecule has 2 saturated heterocycles. The lowest BCUT2D eigenvalue weighted by atomic mass is 10.0. The van der Waals surface area contributed by atoms with Gasteiger partial charge in [0.25, 0.3) is 0 Å². The van der Waals surface area contributed by atoms with Crippen molar-refractivity contribution in [3.8, 4) is 0 Å². The molecule has 2 heterocycles. The van der Waals surface area contributed by atoms with Crippen LogP contribution >= 0.6 is 0 Å². The number of carbonyl (C=O) groups is 2. The number of urea groups is 1. The van der Waals surface area contributed by atoms with Gasteiger partial charge < -0.3 is 20.1 Å². The molecule has 2 rings (SSSR count). The van der Waals surface area contributed by atoms with Crippen LogP contribution in [-0.4, -0.2) is 78.4 Å². The highest BCUT2D eigenvalue weighted by atomic mass is 16.5. The van der Waals surface area contributed by atoms with Gasteiger partial charge in [0.2, 0.25) is 0 Å². The lowest BCUT2D eigenvalue weighted by molar-refractivity contribution is -0.138. The molecule has 0 aromatic carbocycles. The van der Waals surface area contributed by atoms with Crippen LogP contribution in [-0.2, 0) is 9.53 Å². The van der Waals surface area contributed by atoms with Gasteiger partial charge in [-0.3, -0.25) is 9.69 Å². The van der Waals surface area contributed by atoms with Gasteiger partial charge in [-0.25, -0.2) is 4.79 Å². The molecule has 2 fully saturated rings. The Morgan fingerprint density at radius 1 is 1.32 bits per heavy atom. The van der Waals surface area contributed by atoms with Crippen molar-refractivity contribution < 1.29 is 19.4 Å². The summed E-state index contributed by atoms with van der Waals surface area (Å²) in [5, 5.41) is 11.7. The zero-order chi connectivity index (χ0) is 13.9. The number of carboxylic acid groups (broad SMARTS) is 1. The highest BCUT2D eigenvalue weighted by molar-refractivity contribution is 5.75. The Hall–Kier alpha value is -1.34. The van der Waals surface area contributed by atoms with Crippen LogP contribution in [0.5, 0.6) is 0 Å².